The molecule has 2 amide bonds. The summed E-state index contributed by atoms with van der Waals surface area (Å²) >= 11 is 0. The van der Waals surface area contributed by atoms with Crippen molar-refractivity contribution in [2.75, 3.05) is 59.5 Å². The molecular formula is C33H48N4O4. The van der Waals surface area contributed by atoms with Gasteiger partial charge in [-0.3, -0.25) is 19.4 Å². The van der Waals surface area contributed by atoms with Crippen molar-refractivity contribution in [3.63, 3.8) is 0 Å². The van der Waals surface area contributed by atoms with E-state index in [1.54, 1.807) is 19.2 Å². The van der Waals surface area contributed by atoms with Crippen LogP contribution < -0.4 is 4.74 Å². The molecule has 3 heterocycles. The summed E-state index contributed by atoms with van der Waals surface area (Å²) in [5.74, 6) is 1.38. The molecule has 0 bridgehead atoms. The number of aryl methyl sites for hydroxylation is 1. The summed E-state index contributed by atoms with van der Waals surface area (Å²) in [5, 5.41) is 8.99. The zero-order valence-electron chi connectivity index (χ0n) is 25.6. The zero-order chi connectivity index (χ0) is 29.6. The first-order valence-corrected chi connectivity index (χ1v) is 15.2. The number of carbonyl (C=O) groups excluding carboxylic acids is 2. The first-order valence-electron chi connectivity index (χ1n) is 15.2. The molecule has 1 N–H and O–H groups in total. The molecular weight excluding hydrogens is 516 g/mol. The number of benzene rings is 2. The standard InChI is InChI=1S/C25H38N4O2.C8H10O2/c1-4-8-20(3)27-15-17-28(18-16-27)23(30)19-26-13-11-25(12-14-26)22-10-7-6-9-21(22)24(31)29(25)5-2;1-6-3-4-7(9)5-8(6)10-2/h6-7,9-10,20H,4-5,8,11-19H2,1-3H3;3-5,9H,1-2H3. The third-order valence-corrected chi connectivity index (χ3v) is 9.17. The van der Waals surface area contributed by atoms with E-state index in [4.69, 9.17) is 9.84 Å². The molecule has 2 saturated heterocycles. The molecule has 5 rings (SSSR count). The number of piperazine rings is 1. The molecule has 224 valence electrons. The number of phenolic OH excluding ortho intramolecular Hbond substituents is 1. The van der Waals surface area contributed by atoms with Crippen LogP contribution in [0.25, 0.3) is 0 Å². The van der Waals surface area contributed by atoms with E-state index in [-0.39, 0.29) is 23.1 Å². The van der Waals surface area contributed by atoms with Crippen molar-refractivity contribution in [1.29, 1.82) is 0 Å². The van der Waals surface area contributed by atoms with Gasteiger partial charge in [0.1, 0.15) is 11.5 Å². The highest BCUT2D eigenvalue weighted by Crippen LogP contribution is 2.46. The number of rotatable bonds is 7. The van der Waals surface area contributed by atoms with Crippen molar-refractivity contribution in [2.24, 2.45) is 0 Å². The number of methoxy groups -OCH3 is 1. The predicted octanol–water partition coefficient (Wildman–Crippen LogP) is 4.50. The quantitative estimate of drug-likeness (QED) is 0.534. The van der Waals surface area contributed by atoms with Gasteiger partial charge in [-0.25, -0.2) is 0 Å². The van der Waals surface area contributed by atoms with Gasteiger partial charge in [-0.05, 0) is 63.3 Å². The summed E-state index contributed by atoms with van der Waals surface area (Å²) in [7, 11) is 1.59. The lowest BCUT2D eigenvalue weighted by Gasteiger charge is -2.45. The summed E-state index contributed by atoms with van der Waals surface area (Å²) < 4.78 is 4.97. The summed E-state index contributed by atoms with van der Waals surface area (Å²) in [4.78, 5) is 34.8. The Morgan fingerprint density at radius 3 is 2.32 bits per heavy atom. The largest absolute Gasteiger partial charge is 0.508 e. The SMILES string of the molecule is CCCC(C)N1CCN(C(=O)CN2CCC3(CC2)c2ccccc2C(=O)N3CC)CC1.COc1cc(O)ccc1C. The van der Waals surface area contributed by atoms with E-state index in [2.05, 4.69) is 41.5 Å². The molecule has 1 spiro atoms. The number of nitrogens with zero attached hydrogens (tertiary/aromatic N) is 4. The second-order valence-electron chi connectivity index (χ2n) is 11.6. The van der Waals surface area contributed by atoms with Crippen LogP contribution in [0, 0.1) is 6.92 Å². The van der Waals surface area contributed by atoms with E-state index in [9.17, 15) is 9.59 Å². The lowest BCUT2D eigenvalue weighted by atomic mass is 9.80. The monoisotopic (exact) mass is 564 g/mol. The molecule has 1 unspecified atom stereocenters. The van der Waals surface area contributed by atoms with Crippen molar-refractivity contribution in [3.05, 3.63) is 59.2 Å². The fourth-order valence-corrected chi connectivity index (χ4v) is 6.74. The second kappa shape index (κ2) is 13.7. The lowest BCUT2D eigenvalue weighted by molar-refractivity contribution is -0.135. The van der Waals surface area contributed by atoms with Crippen LogP contribution in [0.2, 0.25) is 0 Å². The van der Waals surface area contributed by atoms with Gasteiger partial charge in [-0.1, -0.05) is 37.6 Å². The average molecular weight is 565 g/mol. The number of hydrogen-bond acceptors (Lipinski definition) is 6. The van der Waals surface area contributed by atoms with Gasteiger partial charge in [0.2, 0.25) is 5.91 Å². The minimum atomic E-state index is -0.191. The van der Waals surface area contributed by atoms with E-state index in [0.717, 1.165) is 75.5 Å². The molecule has 0 aliphatic carbocycles. The van der Waals surface area contributed by atoms with Gasteiger partial charge in [0.25, 0.3) is 5.91 Å². The van der Waals surface area contributed by atoms with Crippen LogP contribution in [0.3, 0.4) is 0 Å². The molecule has 0 saturated carbocycles. The maximum Gasteiger partial charge on any atom is 0.254 e. The number of phenols is 1. The van der Waals surface area contributed by atoms with Crippen LogP contribution in [-0.2, 0) is 10.3 Å². The molecule has 2 aromatic carbocycles. The Morgan fingerprint density at radius 1 is 1.02 bits per heavy atom. The molecule has 3 aliphatic heterocycles. The minimum Gasteiger partial charge on any atom is -0.508 e. The van der Waals surface area contributed by atoms with Crippen LogP contribution >= 0.6 is 0 Å². The second-order valence-corrected chi connectivity index (χ2v) is 11.6. The van der Waals surface area contributed by atoms with Gasteiger partial charge >= 0.3 is 0 Å². The molecule has 3 aliphatic rings. The Kier molecular flexibility index (Phi) is 10.3. The summed E-state index contributed by atoms with van der Waals surface area (Å²) in [6.07, 6.45) is 4.24. The molecule has 8 nitrogen and oxygen atoms in total. The van der Waals surface area contributed by atoms with Crippen molar-refractivity contribution in [2.45, 2.75) is 65.0 Å². The van der Waals surface area contributed by atoms with Crippen LogP contribution in [0.1, 0.15) is 67.9 Å². The third-order valence-electron chi connectivity index (χ3n) is 9.17. The zero-order valence-corrected chi connectivity index (χ0v) is 25.6. The minimum absolute atomic E-state index is 0.165. The number of carbonyl (C=O) groups is 2. The molecule has 2 aromatic rings. The summed E-state index contributed by atoms with van der Waals surface area (Å²) in [6.45, 7) is 15.1. The van der Waals surface area contributed by atoms with Crippen LogP contribution in [0.15, 0.2) is 42.5 Å². The molecule has 0 aromatic heterocycles. The third kappa shape index (κ3) is 6.70. The van der Waals surface area contributed by atoms with Crippen LogP contribution in [0.4, 0.5) is 0 Å². The van der Waals surface area contributed by atoms with Gasteiger partial charge in [0, 0.05) is 63.5 Å². The number of ether oxygens (including phenoxy) is 1. The Labute approximate surface area is 245 Å². The summed E-state index contributed by atoms with van der Waals surface area (Å²) in [6, 6.07) is 13.7. The highest BCUT2D eigenvalue weighted by Gasteiger charge is 2.50. The van der Waals surface area contributed by atoms with E-state index >= 15 is 0 Å². The average Bonchev–Trinajstić information content (AvgIpc) is 3.22. The number of amides is 2. The highest BCUT2D eigenvalue weighted by molar-refractivity contribution is 6.00. The lowest BCUT2D eigenvalue weighted by Crippen LogP contribution is -2.55. The number of likely N-dealkylation sites (tertiary alicyclic amines) is 1. The number of aromatic hydroxyl groups is 1. The van der Waals surface area contributed by atoms with Gasteiger partial charge in [0.15, 0.2) is 0 Å². The van der Waals surface area contributed by atoms with Crippen LogP contribution in [-0.4, -0.2) is 102 Å². The van der Waals surface area contributed by atoms with Gasteiger partial charge in [-0.15, -0.1) is 0 Å². The Hall–Kier alpha value is -3.10. The number of hydrogen-bond donors (Lipinski definition) is 1. The van der Waals surface area contributed by atoms with Gasteiger partial charge in [0.05, 0.1) is 19.2 Å². The summed E-state index contributed by atoms with van der Waals surface area (Å²) in [5.41, 5.74) is 2.89. The fourth-order valence-electron chi connectivity index (χ4n) is 6.74. The highest BCUT2D eigenvalue weighted by atomic mass is 16.5. The van der Waals surface area contributed by atoms with Gasteiger partial charge < -0.3 is 19.6 Å². The Bertz CT molecular complexity index is 1190. The maximum absolute atomic E-state index is 13.0. The number of fused-ring (bicyclic) bond motifs is 2. The molecule has 8 heteroatoms. The van der Waals surface area contributed by atoms with E-state index in [1.165, 1.54) is 18.4 Å². The van der Waals surface area contributed by atoms with Crippen molar-refractivity contribution in [3.8, 4) is 11.5 Å². The predicted molar refractivity (Wildman–Crippen MR) is 162 cm³/mol. The van der Waals surface area contributed by atoms with E-state index in [1.807, 2.05) is 36.1 Å². The molecule has 41 heavy (non-hydrogen) atoms. The number of piperidine rings is 1. The smallest absolute Gasteiger partial charge is 0.254 e. The van der Waals surface area contributed by atoms with Crippen LogP contribution in [0.5, 0.6) is 11.5 Å². The first-order chi connectivity index (χ1) is 19.7. The Balaban J connectivity index is 0.000000328. The normalized spacial score (nSPS) is 19.5. The van der Waals surface area contributed by atoms with Crippen molar-refractivity contribution >= 4 is 11.8 Å². The molecule has 1 atom stereocenters. The van der Waals surface area contributed by atoms with E-state index < -0.39 is 0 Å². The first kappa shape index (κ1) is 30.8. The van der Waals surface area contributed by atoms with Crippen molar-refractivity contribution < 1.29 is 19.4 Å². The maximum atomic E-state index is 13.0. The molecule has 2 fully saturated rings. The van der Waals surface area contributed by atoms with Gasteiger partial charge in [-0.2, -0.15) is 0 Å². The fraction of sp³-hybridized carbons (Fsp3) is 0.576. The Morgan fingerprint density at radius 2 is 1.71 bits per heavy atom. The van der Waals surface area contributed by atoms with Crippen molar-refractivity contribution in [1.82, 2.24) is 19.6 Å². The topological polar surface area (TPSA) is 76.6 Å². The molecule has 0 radical (unpaired) electrons. The van der Waals surface area contributed by atoms with E-state index in [0.29, 0.717) is 12.6 Å².